The molecule has 0 unspecified atom stereocenters. The zero-order valence-electron chi connectivity index (χ0n) is 6.58. The first-order valence-electron chi connectivity index (χ1n) is 4.15. The number of esters is 1. The zero-order valence-corrected chi connectivity index (χ0v) is 6.58. The Kier molecular flexibility index (Phi) is 1.60. The van der Waals surface area contributed by atoms with Gasteiger partial charge in [0.1, 0.15) is 0 Å². The number of carbonyl (C=O) groups excluding carboxylic acids is 1. The van der Waals surface area contributed by atoms with E-state index in [1.807, 2.05) is 6.92 Å². The van der Waals surface area contributed by atoms with Crippen LogP contribution >= 0.6 is 0 Å². The summed E-state index contributed by atoms with van der Waals surface area (Å²) >= 11 is 0. The van der Waals surface area contributed by atoms with E-state index in [0.717, 1.165) is 0 Å². The molecule has 1 aliphatic carbocycles. The molecular formula is C8H12O3. The molecule has 0 spiro atoms. The van der Waals surface area contributed by atoms with Crippen LogP contribution < -0.4 is 0 Å². The Labute approximate surface area is 65.7 Å². The van der Waals surface area contributed by atoms with Crippen LogP contribution in [0.25, 0.3) is 0 Å². The van der Waals surface area contributed by atoms with Gasteiger partial charge >= 0.3 is 5.97 Å². The molecule has 0 radical (unpaired) electrons. The van der Waals surface area contributed by atoms with Crippen LogP contribution in [0.1, 0.15) is 19.8 Å². The van der Waals surface area contributed by atoms with E-state index in [-0.39, 0.29) is 18.2 Å². The molecule has 1 heterocycles. The van der Waals surface area contributed by atoms with E-state index < -0.39 is 0 Å². The quantitative estimate of drug-likeness (QED) is 0.446. The minimum absolute atomic E-state index is 0.176. The summed E-state index contributed by atoms with van der Waals surface area (Å²) in [6.45, 7) is 2.27. The van der Waals surface area contributed by atoms with Crippen LogP contribution in [-0.4, -0.2) is 24.8 Å². The van der Waals surface area contributed by atoms with Gasteiger partial charge < -0.3 is 9.47 Å². The molecule has 0 aromatic carbocycles. The molecule has 2 atom stereocenters. The first-order chi connectivity index (χ1) is 5.33. The maximum atomic E-state index is 11.0. The van der Waals surface area contributed by atoms with Gasteiger partial charge in [-0.2, -0.15) is 0 Å². The van der Waals surface area contributed by atoms with Gasteiger partial charge in [0.15, 0.2) is 6.10 Å². The van der Waals surface area contributed by atoms with E-state index in [1.165, 1.54) is 12.8 Å². The average molecular weight is 156 g/mol. The molecule has 11 heavy (non-hydrogen) atoms. The van der Waals surface area contributed by atoms with Gasteiger partial charge in [-0.15, -0.1) is 0 Å². The Morgan fingerprint density at radius 2 is 2.36 bits per heavy atom. The number of carbonyl (C=O) groups is 1. The maximum absolute atomic E-state index is 11.0. The molecular weight excluding hydrogens is 144 g/mol. The second-order valence-electron chi connectivity index (χ2n) is 3.11. The van der Waals surface area contributed by atoms with Gasteiger partial charge in [-0.1, -0.05) is 0 Å². The van der Waals surface area contributed by atoms with E-state index in [0.29, 0.717) is 12.5 Å². The highest BCUT2D eigenvalue weighted by atomic mass is 16.6. The van der Waals surface area contributed by atoms with Crippen molar-refractivity contribution >= 4 is 5.97 Å². The minimum atomic E-state index is -0.220. The third kappa shape index (κ3) is 1.38. The molecule has 0 N–H and O–H groups in total. The Hall–Kier alpha value is -0.570. The molecule has 1 saturated carbocycles. The fraction of sp³-hybridized carbons (Fsp3) is 0.875. The average Bonchev–Trinajstić information content (AvgIpc) is 2.83. The van der Waals surface area contributed by atoms with Crippen LogP contribution in [0.4, 0.5) is 0 Å². The Morgan fingerprint density at radius 3 is 2.91 bits per heavy atom. The monoisotopic (exact) mass is 156 g/mol. The molecule has 1 saturated heterocycles. The van der Waals surface area contributed by atoms with Crippen LogP contribution in [0.5, 0.6) is 0 Å². The number of hydrogen-bond donors (Lipinski definition) is 0. The van der Waals surface area contributed by atoms with Crippen LogP contribution in [0.15, 0.2) is 0 Å². The summed E-state index contributed by atoms with van der Waals surface area (Å²) in [5, 5.41) is 0. The van der Waals surface area contributed by atoms with E-state index >= 15 is 0 Å². The van der Waals surface area contributed by atoms with Crippen molar-refractivity contribution in [1.82, 2.24) is 0 Å². The molecule has 0 aromatic heterocycles. The summed E-state index contributed by atoms with van der Waals surface area (Å²) in [5.41, 5.74) is 0. The van der Waals surface area contributed by atoms with Crippen LogP contribution in [0.2, 0.25) is 0 Å². The van der Waals surface area contributed by atoms with Crippen molar-refractivity contribution in [3.05, 3.63) is 0 Å². The highest BCUT2D eigenvalue weighted by Gasteiger charge is 2.54. The SMILES string of the molecule is CCOC(=O)[C@@H]1O[C@H]1C1CC1. The Bertz CT molecular complexity index is 174. The van der Waals surface area contributed by atoms with Gasteiger partial charge in [0, 0.05) is 0 Å². The van der Waals surface area contributed by atoms with Crippen LogP contribution in [0, 0.1) is 5.92 Å². The largest absolute Gasteiger partial charge is 0.464 e. The van der Waals surface area contributed by atoms with Gasteiger partial charge in [0.25, 0.3) is 0 Å². The second-order valence-corrected chi connectivity index (χ2v) is 3.11. The van der Waals surface area contributed by atoms with Crippen molar-refractivity contribution < 1.29 is 14.3 Å². The van der Waals surface area contributed by atoms with Gasteiger partial charge in [-0.3, -0.25) is 0 Å². The van der Waals surface area contributed by atoms with Gasteiger partial charge in [0.2, 0.25) is 0 Å². The van der Waals surface area contributed by atoms with E-state index in [4.69, 9.17) is 9.47 Å². The molecule has 2 rings (SSSR count). The first-order valence-corrected chi connectivity index (χ1v) is 4.15. The summed E-state index contributed by atoms with van der Waals surface area (Å²) in [5.74, 6) is 0.480. The lowest BCUT2D eigenvalue weighted by Crippen LogP contribution is -2.14. The molecule has 0 amide bonds. The maximum Gasteiger partial charge on any atom is 0.338 e. The van der Waals surface area contributed by atoms with Crippen molar-refractivity contribution in [3.8, 4) is 0 Å². The molecule has 3 nitrogen and oxygen atoms in total. The molecule has 2 aliphatic rings. The lowest BCUT2D eigenvalue weighted by atomic mass is 10.2. The standard InChI is InChI=1S/C8H12O3/c1-2-10-8(9)7-6(11-7)5-3-4-5/h5-7H,2-4H2,1H3/t6-,7+/m0/s1. The van der Waals surface area contributed by atoms with E-state index in [9.17, 15) is 4.79 Å². The molecule has 0 aromatic rings. The highest BCUT2D eigenvalue weighted by molar-refractivity contribution is 5.78. The summed E-state index contributed by atoms with van der Waals surface area (Å²) in [6.07, 6.45) is 2.43. The van der Waals surface area contributed by atoms with Crippen molar-refractivity contribution in [2.75, 3.05) is 6.61 Å². The molecule has 3 heteroatoms. The van der Waals surface area contributed by atoms with Crippen molar-refractivity contribution in [1.29, 1.82) is 0 Å². The van der Waals surface area contributed by atoms with Crippen LogP contribution in [0.3, 0.4) is 0 Å². The zero-order chi connectivity index (χ0) is 7.84. The minimum Gasteiger partial charge on any atom is -0.464 e. The summed E-state index contributed by atoms with van der Waals surface area (Å²) in [6, 6.07) is 0. The third-order valence-corrected chi connectivity index (χ3v) is 2.13. The fourth-order valence-electron chi connectivity index (χ4n) is 1.32. The second kappa shape index (κ2) is 2.48. The van der Waals surface area contributed by atoms with Gasteiger partial charge in [0.05, 0.1) is 12.7 Å². The molecule has 1 aliphatic heterocycles. The number of ether oxygens (including phenoxy) is 2. The lowest BCUT2D eigenvalue weighted by molar-refractivity contribution is -0.144. The normalized spacial score (nSPS) is 35.0. The van der Waals surface area contributed by atoms with Crippen molar-refractivity contribution in [2.45, 2.75) is 32.0 Å². The predicted molar refractivity (Wildman–Crippen MR) is 38.0 cm³/mol. The smallest absolute Gasteiger partial charge is 0.338 e. The van der Waals surface area contributed by atoms with Crippen molar-refractivity contribution in [3.63, 3.8) is 0 Å². The summed E-state index contributed by atoms with van der Waals surface area (Å²) in [7, 11) is 0. The van der Waals surface area contributed by atoms with Crippen LogP contribution in [-0.2, 0) is 14.3 Å². The Balaban J connectivity index is 1.76. The summed E-state index contributed by atoms with van der Waals surface area (Å²) < 4.78 is 9.99. The number of rotatable bonds is 3. The number of hydrogen-bond acceptors (Lipinski definition) is 3. The molecule has 0 bridgehead atoms. The summed E-state index contributed by atoms with van der Waals surface area (Å²) in [4.78, 5) is 11.0. The highest BCUT2D eigenvalue weighted by Crippen LogP contribution is 2.44. The van der Waals surface area contributed by atoms with Crippen molar-refractivity contribution in [2.24, 2.45) is 5.92 Å². The van der Waals surface area contributed by atoms with E-state index in [1.54, 1.807) is 0 Å². The van der Waals surface area contributed by atoms with Gasteiger partial charge in [-0.25, -0.2) is 4.79 Å². The third-order valence-electron chi connectivity index (χ3n) is 2.13. The molecule has 62 valence electrons. The van der Waals surface area contributed by atoms with Gasteiger partial charge in [-0.05, 0) is 25.7 Å². The first kappa shape index (κ1) is 7.10. The fourth-order valence-corrected chi connectivity index (χ4v) is 1.32. The molecule has 2 fully saturated rings. The topological polar surface area (TPSA) is 38.8 Å². The lowest BCUT2D eigenvalue weighted by Gasteiger charge is -1.95. The van der Waals surface area contributed by atoms with E-state index in [2.05, 4.69) is 0 Å². The number of epoxide rings is 1. The predicted octanol–water partition coefficient (Wildman–Crippen LogP) is 0.727. The Morgan fingerprint density at radius 1 is 1.64 bits per heavy atom.